The third kappa shape index (κ3) is 6.66. The Labute approximate surface area is 132 Å². The van der Waals surface area contributed by atoms with Crippen LogP contribution in [0.25, 0.3) is 0 Å². The van der Waals surface area contributed by atoms with Crippen molar-refractivity contribution in [3.63, 3.8) is 0 Å². The van der Waals surface area contributed by atoms with E-state index in [1.807, 2.05) is 7.11 Å². The van der Waals surface area contributed by atoms with E-state index in [4.69, 9.17) is 4.74 Å². The molecule has 1 rings (SSSR count). The SMILES string of the molecule is CCCNCC1(CN(CCOC)C(C)CC)CCCCC1. The molecule has 0 spiro atoms. The fraction of sp³-hybridized carbons (Fsp3) is 1.00. The molecule has 1 unspecified atom stereocenters. The van der Waals surface area contributed by atoms with E-state index in [2.05, 4.69) is 31.0 Å². The van der Waals surface area contributed by atoms with Crippen molar-refractivity contribution < 1.29 is 4.74 Å². The molecule has 0 bridgehead atoms. The van der Waals surface area contributed by atoms with Gasteiger partial charge in [0.1, 0.15) is 0 Å². The fourth-order valence-electron chi connectivity index (χ4n) is 3.58. The Morgan fingerprint density at radius 1 is 1.19 bits per heavy atom. The van der Waals surface area contributed by atoms with Gasteiger partial charge in [-0.3, -0.25) is 4.90 Å². The predicted molar refractivity (Wildman–Crippen MR) is 91.9 cm³/mol. The predicted octanol–water partition coefficient (Wildman–Crippen LogP) is 3.68. The van der Waals surface area contributed by atoms with Gasteiger partial charge in [-0.25, -0.2) is 0 Å². The Hall–Kier alpha value is -0.120. The molecule has 1 saturated carbocycles. The van der Waals surface area contributed by atoms with Crippen molar-refractivity contribution in [2.24, 2.45) is 5.41 Å². The summed E-state index contributed by atoms with van der Waals surface area (Å²) in [6.45, 7) is 12.4. The maximum absolute atomic E-state index is 5.33. The molecule has 1 atom stereocenters. The Kier molecular flexibility index (Phi) is 9.54. The summed E-state index contributed by atoms with van der Waals surface area (Å²) in [4.78, 5) is 2.67. The number of nitrogens with zero attached hydrogens (tertiary/aromatic N) is 1. The van der Waals surface area contributed by atoms with Crippen molar-refractivity contribution >= 4 is 0 Å². The topological polar surface area (TPSA) is 24.5 Å². The van der Waals surface area contributed by atoms with Crippen LogP contribution < -0.4 is 5.32 Å². The summed E-state index contributed by atoms with van der Waals surface area (Å²) in [7, 11) is 1.81. The molecule has 1 fully saturated rings. The fourth-order valence-corrected chi connectivity index (χ4v) is 3.58. The molecule has 0 aromatic carbocycles. The zero-order chi connectivity index (χ0) is 15.6. The number of hydrogen-bond donors (Lipinski definition) is 1. The summed E-state index contributed by atoms with van der Waals surface area (Å²) in [5.74, 6) is 0. The smallest absolute Gasteiger partial charge is 0.0589 e. The van der Waals surface area contributed by atoms with Gasteiger partial charge in [-0.2, -0.15) is 0 Å². The molecule has 0 aromatic rings. The van der Waals surface area contributed by atoms with Crippen molar-refractivity contribution in [3.05, 3.63) is 0 Å². The lowest BCUT2D eigenvalue weighted by Crippen LogP contribution is -2.49. The van der Waals surface area contributed by atoms with Gasteiger partial charge in [0.05, 0.1) is 6.61 Å². The van der Waals surface area contributed by atoms with Gasteiger partial charge in [0.15, 0.2) is 0 Å². The third-order valence-corrected chi connectivity index (χ3v) is 5.18. The van der Waals surface area contributed by atoms with E-state index in [1.165, 1.54) is 58.0 Å². The summed E-state index contributed by atoms with van der Waals surface area (Å²) in [5, 5.41) is 3.71. The highest BCUT2D eigenvalue weighted by Crippen LogP contribution is 2.37. The van der Waals surface area contributed by atoms with Crippen LogP contribution in [0.2, 0.25) is 0 Å². The van der Waals surface area contributed by atoms with Crippen LogP contribution >= 0.6 is 0 Å². The van der Waals surface area contributed by atoms with Gasteiger partial charge in [-0.1, -0.05) is 33.1 Å². The van der Waals surface area contributed by atoms with E-state index in [-0.39, 0.29) is 0 Å². The standard InChI is InChI=1S/C18H38N2O/c1-5-12-19-15-18(10-8-7-9-11-18)16-20(13-14-21-4)17(3)6-2/h17,19H,5-16H2,1-4H3. The Balaban J connectivity index is 2.65. The summed E-state index contributed by atoms with van der Waals surface area (Å²) >= 11 is 0. The summed E-state index contributed by atoms with van der Waals surface area (Å²) in [6.07, 6.45) is 9.49. The quantitative estimate of drug-likeness (QED) is 0.589. The van der Waals surface area contributed by atoms with Crippen LogP contribution in [-0.2, 0) is 4.74 Å². The monoisotopic (exact) mass is 298 g/mol. The van der Waals surface area contributed by atoms with E-state index < -0.39 is 0 Å². The van der Waals surface area contributed by atoms with E-state index in [9.17, 15) is 0 Å². The van der Waals surface area contributed by atoms with Gasteiger partial charge in [0, 0.05) is 32.8 Å². The maximum Gasteiger partial charge on any atom is 0.0589 e. The first-order chi connectivity index (χ1) is 10.2. The lowest BCUT2D eigenvalue weighted by molar-refractivity contribution is 0.0560. The largest absolute Gasteiger partial charge is 0.383 e. The molecule has 1 aliphatic rings. The Bertz CT molecular complexity index is 252. The highest BCUT2D eigenvalue weighted by atomic mass is 16.5. The Morgan fingerprint density at radius 2 is 1.90 bits per heavy atom. The molecular formula is C18H38N2O. The molecule has 1 aliphatic carbocycles. The third-order valence-electron chi connectivity index (χ3n) is 5.18. The molecule has 0 saturated heterocycles. The van der Waals surface area contributed by atoms with Gasteiger partial charge in [0.2, 0.25) is 0 Å². The van der Waals surface area contributed by atoms with Crippen molar-refractivity contribution in [2.75, 3.05) is 39.9 Å². The number of hydrogen-bond acceptors (Lipinski definition) is 3. The van der Waals surface area contributed by atoms with Crippen LogP contribution in [-0.4, -0.2) is 50.8 Å². The first-order valence-electron chi connectivity index (χ1n) is 9.11. The Morgan fingerprint density at radius 3 is 2.48 bits per heavy atom. The summed E-state index contributed by atoms with van der Waals surface area (Å²) < 4.78 is 5.33. The molecule has 0 aliphatic heterocycles. The van der Waals surface area contributed by atoms with E-state index in [1.54, 1.807) is 0 Å². The lowest BCUT2D eigenvalue weighted by Gasteiger charge is -2.43. The van der Waals surface area contributed by atoms with Crippen LogP contribution in [0.3, 0.4) is 0 Å². The highest BCUT2D eigenvalue weighted by Gasteiger charge is 2.34. The van der Waals surface area contributed by atoms with E-state index >= 15 is 0 Å². The second-order valence-electron chi connectivity index (χ2n) is 6.96. The molecule has 0 heterocycles. The molecule has 0 radical (unpaired) electrons. The second-order valence-corrected chi connectivity index (χ2v) is 6.96. The normalized spacial score (nSPS) is 19.9. The van der Waals surface area contributed by atoms with Gasteiger partial charge < -0.3 is 10.1 Å². The second kappa shape index (κ2) is 10.6. The average molecular weight is 299 g/mol. The van der Waals surface area contributed by atoms with Crippen LogP contribution in [0.15, 0.2) is 0 Å². The molecular weight excluding hydrogens is 260 g/mol. The van der Waals surface area contributed by atoms with Gasteiger partial charge in [-0.15, -0.1) is 0 Å². The summed E-state index contributed by atoms with van der Waals surface area (Å²) in [6, 6.07) is 0.658. The minimum absolute atomic E-state index is 0.491. The van der Waals surface area contributed by atoms with Crippen molar-refractivity contribution in [1.29, 1.82) is 0 Å². The number of nitrogens with one attached hydrogen (secondary N) is 1. The van der Waals surface area contributed by atoms with E-state index in [0.29, 0.717) is 11.5 Å². The van der Waals surface area contributed by atoms with E-state index in [0.717, 1.165) is 19.7 Å². The molecule has 1 N–H and O–H groups in total. The van der Waals surface area contributed by atoms with Crippen molar-refractivity contribution in [3.8, 4) is 0 Å². The van der Waals surface area contributed by atoms with Crippen molar-refractivity contribution in [2.45, 2.75) is 71.8 Å². The lowest BCUT2D eigenvalue weighted by atomic mass is 9.73. The number of ether oxygens (including phenoxy) is 1. The van der Waals surface area contributed by atoms with Crippen molar-refractivity contribution in [1.82, 2.24) is 10.2 Å². The van der Waals surface area contributed by atoms with Crippen LogP contribution in [0.4, 0.5) is 0 Å². The first kappa shape index (κ1) is 18.9. The van der Waals surface area contributed by atoms with Crippen LogP contribution in [0.1, 0.15) is 65.7 Å². The molecule has 21 heavy (non-hydrogen) atoms. The molecule has 0 amide bonds. The minimum Gasteiger partial charge on any atom is -0.383 e. The molecule has 3 nitrogen and oxygen atoms in total. The number of methoxy groups -OCH3 is 1. The highest BCUT2D eigenvalue weighted by molar-refractivity contribution is 4.89. The number of rotatable bonds is 11. The average Bonchev–Trinajstić information content (AvgIpc) is 2.52. The molecule has 0 aromatic heterocycles. The first-order valence-corrected chi connectivity index (χ1v) is 9.11. The van der Waals surface area contributed by atoms with Gasteiger partial charge >= 0.3 is 0 Å². The molecule has 126 valence electrons. The van der Waals surface area contributed by atoms with Crippen LogP contribution in [0.5, 0.6) is 0 Å². The maximum atomic E-state index is 5.33. The zero-order valence-corrected chi connectivity index (χ0v) is 14.9. The van der Waals surface area contributed by atoms with Gasteiger partial charge in [-0.05, 0) is 44.6 Å². The van der Waals surface area contributed by atoms with Crippen LogP contribution in [0, 0.1) is 5.41 Å². The molecule has 3 heteroatoms. The minimum atomic E-state index is 0.491. The zero-order valence-electron chi connectivity index (χ0n) is 14.9. The summed E-state index contributed by atoms with van der Waals surface area (Å²) in [5.41, 5.74) is 0.491. The van der Waals surface area contributed by atoms with Gasteiger partial charge in [0.25, 0.3) is 0 Å².